The van der Waals surface area contributed by atoms with Crippen LogP contribution < -0.4 is 10.4 Å². The second kappa shape index (κ2) is 10.2. The normalized spacial score (nSPS) is 17.4. The lowest BCUT2D eigenvalue weighted by Crippen LogP contribution is -2.68. The van der Waals surface area contributed by atoms with E-state index in [9.17, 15) is 14.4 Å². The number of benzene rings is 2. The molecular weight excluding hydrogens is 424 g/mol. The summed E-state index contributed by atoms with van der Waals surface area (Å²) >= 11 is 0. The van der Waals surface area contributed by atoms with E-state index in [4.69, 9.17) is 9.47 Å². The van der Waals surface area contributed by atoms with Gasteiger partial charge in [-0.2, -0.15) is 15.1 Å². The molecule has 0 bridgehead atoms. The Morgan fingerprint density at radius 3 is 2.24 bits per heavy atom. The van der Waals surface area contributed by atoms with Crippen LogP contribution in [0.2, 0.25) is 0 Å². The molecule has 0 saturated carbocycles. The zero-order chi connectivity index (χ0) is 24.0. The van der Waals surface area contributed by atoms with E-state index in [0.29, 0.717) is 11.4 Å². The molecule has 174 valence electrons. The van der Waals surface area contributed by atoms with Crippen molar-refractivity contribution in [3.63, 3.8) is 0 Å². The molecule has 1 aliphatic heterocycles. The van der Waals surface area contributed by atoms with Crippen molar-refractivity contribution in [3.05, 3.63) is 65.7 Å². The topological polar surface area (TPSA) is 101 Å². The van der Waals surface area contributed by atoms with Gasteiger partial charge in [0, 0.05) is 6.42 Å². The van der Waals surface area contributed by atoms with Crippen LogP contribution in [0, 0.1) is 6.92 Å². The van der Waals surface area contributed by atoms with Crippen LogP contribution in [0.4, 0.5) is 15.3 Å². The van der Waals surface area contributed by atoms with E-state index >= 15 is 0 Å². The minimum atomic E-state index is -1.66. The van der Waals surface area contributed by atoms with Crippen molar-refractivity contribution in [1.29, 1.82) is 0 Å². The minimum absolute atomic E-state index is 0.0488. The van der Waals surface area contributed by atoms with Crippen molar-refractivity contribution in [1.82, 2.24) is 10.4 Å². The summed E-state index contributed by atoms with van der Waals surface area (Å²) in [5.41, 5.74) is 3.44. The molecule has 1 atom stereocenters. The first-order valence-corrected chi connectivity index (χ1v) is 10.7. The van der Waals surface area contributed by atoms with Gasteiger partial charge in [0.2, 0.25) is 0 Å². The van der Waals surface area contributed by atoms with Gasteiger partial charge in [-0.1, -0.05) is 48.0 Å². The molecule has 1 heterocycles. The summed E-state index contributed by atoms with van der Waals surface area (Å²) < 4.78 is 10.2. The number of para-hydroxylation sites is 1. The fourth-order valence-electron chi connectivity index (χ4n) is 3.63. The number of amides is 3. The zero-order valence-corrected chi connectivity index (χ0v) is 19.2. The number of aryl methyl sites for hydroxylation is 1. The fraction of sp³-hybridized carbons (Fsp3) is 0.333. The van der Waals surface area contributed by atoms with E-state index in [1.807, 2.05) is 37.3 Å². The largest absolute Gasteiger partial charge is 0.449 e. The molecule has 0 fully saturated rings. The number of carbonyl (C=O) groups excluding carboxylic acids is 3. The van der Waals surface area contributed by atoms with Gasteiger partial charge in [0.05, 0.1) is 24.6 Å². The number of hydrazine groups is 1. The maximum atomic E-state index is 14.0. The molecule has 0 radical (unpaired) electrons. The third-order valence-electron chi connectivity index (χ3n) is 5.29. The first kappa shape index (κ1) is 23.8. The lowest BCUT2D eigenvalue weighted by atomic mass is 9.85. The number of nitrogens with zero attached hydrogens (tertiary/aromatic N) is 3. The van der Waals surface area contributed by atoms with E-state index in [1.165, 1.54) is 5.01 Å². The molecular formula is C24H28N4O5. The Morgan fingerprint density at radius 2 is 1.64 bits per heavy atom. The Kier molecular flexibility index (Phi) is 7.32. The van der Waals surface area contributed by atoms with E-state index in [2.05, 4.69) is 10.5 Å². The standard InChI is InChI=1S/C24H28N4O5/c1-5-32-22(30)26-28(23(31)33-6-2)24(16-19-14-12-17(3)13-15-19)18(4)25-27(21(24)29)20-10-8-7-9-11-20/h7-15H,5-6,16H2,1-4H3,(H,26,30)/t24-/m1/s1. The highest BCUT2D eigenvalue weighted by Gasteiger charge is 2.57. The molecule has 2 aromatic carbocycles. The van der Waals surface area contributed by atoms with Crippen molar-refractivity contribution in [2.75, 3.05) is 18.2 Å². The molecule has 1 aliphatic rings. The van der Waals surface area contributed by atoms with Crippen molar-refractivity contribution in [2.24, 2.45) is 5.10 Å². The molecule has 33 heavy (non-hydrogen) atoms. The van der Waals surface area contributed by atoms with Crippen LogP contribution in [0.15, 0.2) is 59.7 Å². The van der Waals surface area contributed by atoms with E-state index < -0.39 is 23.6 Å². The van der Waals surface area contributed by atoms with Gasteiger partial charge in [0.1, 0.15) is 0 Å². The molecule has 0 spiro atoms. The molecule has 0 aromatic heterocycles. The number of hydrogen-bond donors (Lipinski definition) is 1. The van der Waals surface area contributed by atoms with Crippen LogP contribution in [0.3, 0.4) is 0 Å². The van der Waals surface area contributed by atoms with Crippen LogP contribution in [-0.4, -0.2) is 47.6 Å². The Hall–Kier alpha value is -3.88. The van der Waals surface area contributed by atoms with Gasteiger partial charge in [-0.3, -0.25) is 4.79 Å². The average Bonchev–Trinajstić information content (AvgIpc) is 3.05. The van der Waals surface area contributed by atoms with Gasteiger partial charge in [-0.05, 0) is 45.4 Å². The van der Waals surface area contributed by atoms with Crippen LogP contribution >= 0.6 is 0 Å². The summed E-state index contributed by atoms with van der Waals surface area (Å²) in [6.45, 7) is 7.02. The van der Waals surface area contributed by atoms with Crippen LogP contribution in [0.5, 0.6) is 0 Å². The summed E-state index contributed by atoms with van der Waals surface area (Å²) in [7, 11) is 0. The summed E-state index contributed by atoms with van der Waals surface area (Å²) in [6, 6.07) is 16.4. The summed E-state index contributed by atoms with van der Waals surface area (Å²) in [5, 5.41) is 6.62. The van der Waals surface area contributed by atoms with Crippen molar-refractivity contribution >= 4 is 29.5 Å². The highest BCUT2D eigenvalue weighted by molar-refractivity contribution is 6.23. The van der Waals surface area contributed by atoms with Gasteiger partial charge in [-0.15, -0.1) is 0 Å². The smallest absolute Gasteiger partial charge is 0.430 e. The summed E-state index contributed by atoms with van der Waals surface area (Å²) in [5.74, 6) is -0.503. The number of anilines is 1. The first-order valence-electron chi connectivity index (χ1n) is 10.7. The van der Waals surface area contributed by atoms with Gasteiger partial charge in [0.25, 0.3) is 5.91 Å². The van der Waals surface area contributed by atoms with Crippen LogP contribution in [0.25, 0.3) is 0 Å². The van der Waals surface area contributed by atoms with Crippen LogP contribution in [0.1, 0.15) is 31.9 Å². The second-order valence-corrected chi connectivity index (χ2v) is 7.53. The predicted molar refractivity (Wildman–Crippen MR) is 124 cm³/mol. The van der Waals surface area contributed by atoms with Gasteiger partial charge in [-0.25, -0.2) is 15.0 Å². The first-order chi connectivity index (χ1) is 15.8. The van der Waals surface area contributed by atoms with Gasteiger partial charge in [0.15, 0.2) is 5.54 Å². The second-order valence-electron chi connectivity index (χ2n) is 7.53. The summed E-state index contributed by atoms with van der Waals surface area (Å²) in [6.07, 6.45) is -1.71. The average molecular weight is 453 g/mol. The number of hydrogen-bond acceptors (Lipinski definition) is 6. The molecule has 9 heteroatoms. The Labute approximate surface area is 192 Å². The van der Waals surface area contributed by atoms with Crippen molar-refractivity contribution in [3.8, 4) is 0 Å². The predicted octanol–water partition coefficient (Wildman–Crippen LogP) is 3.82. The Morgan fingerprint density at radius 1 is 1.00 bits per heavy atom. The summed E-state index contributed by atoms with van der Waals surface area (Å²) in [4.78, 5) is 39.4. The van der Waals surface area contributed by atoms with E-state index in [0.717, 1.165) is 16.1 Å². The lowest BCUT2D eigenvalue weighted by Gasteiger charge is -2.38. The molecule has 0 unspecified atom stereocenters. The highest BCUT2D eigenvalue weighted by Crippen LogP contribution is 2.34. The maximum absolute atomic E-state index is 14.0. The van der Waals surface area contributed by atoms with Gasteiger partial charge >= 0.3 is 12.2 Å². The number of rotatable bonds is 6. The highest BCUT2D eigenvalue weighted by atomic mass is 16.6. The third kappa shape index (κ3) is 4.82. The number of carbonyl (C=O) groups is 3. The molecule has 0 saturated heterocycles. The lowest BCUT2D eigenvalue weighted by molar-refractivity contribution is -0.126. The molecule has 3 rings (SSSR count). The quantitative estimate of drug-likeness (QED) is 0.672. The molecule has 1 N–H and O–H groups in total. The monoisotopic (exact) mass is 452 g/mol. The Balaban J connectivity index is 2.13. The number of nitrogens with one attached hydrogen (secondary N) is 1. The minimum Gasteiger partial charge on any atom is -0.449 e. The maximum Gasteiger partial charge on any atom is 0.430 e. The third-order valence-corrected chi connectivity index (χ3v) is 5.29. The fourth-order valence-corrected chi connectivity index (χ4v) is 3.63. The number of ether oxygens (including phenoxy) is 2. The van der Waals surface area contributed by atoms with Crippen LogP contribution in [-0.2, 0) is 20.7 Å². The van der Waals surface area contributed by atoms with Crippen molar-refractivity contribution in [2.45, 2.75) is 39.7 Å². The molecule has 2 aromatic rings. The molecule has 9 nitrogen and oxygen atoms in total. The Bertz CT molecular complexity index is 1040. The van der Waals surface area contributed by atoms with Gasteiger partial charge < -0.3 is 9.47 Å². The zero-order valence-electron chi connectivity index (χ0n) is 19.2. The SMILES string of the molecule is CCOC(=O)NN(C(=O)OCC)[C@@]1(Cc2ccc(C)cc2)C(=O)N(c2ccccc2)N=C1C. The van der Waals surface area contributed by atoms with E-state index in [1.54, 1.807) is 45.0 Å². The molecule has 3 amide bonds. The number of hydrazone groups is 1. The molecule has 0 aliphatic carbocycles. The van der Waals surface area contributed by atoms with Crippen molar-refractivity contribution < 1.29 is 23.9 Å². The van der Waals surface area contributed by atoms with E-state index in [-0.39, 0.29) is 19.6 Å².